The second-order valence-corrected chi connectivity index (χ2v) is 4.90. The molecule has 5 nitrogen and oxygen atoms in total. The number of cyclic esters (lactones) is 1. The summed E-state index contributed by atoms with van der Waals surface area (Å²) < 4.78 is 23.6. The molecule has 0 saturated heterocycles. The molecule has 1 heterocycles. The highest BCUT2D eigenvalue weighted by atomic mass is 19.1. The second-order valence-electron chi connectivity index (χ2n) is 4.90. The van der Waals surface area contributed by atoms with Crippen molar-refractivity contribution in [3.63, 3.8) is 0 Å². The van der Waals surface area contributed by atoms with E-state index in [-0.39, 0.29) is 22.7 Å². The molecule has 1 aliphatic rings. The van der Waals surface area contributed by atoms with Gasteiger partial charge in [-0.3, -0.25) is 0 Å². The van der Waals surface area contributed by atoms with Crippen molar-refractivity contribution >= 4 is 23.9 Å². The van der Waals surface area contributed by atoms with Crippen LogP contribution in [0.15, 0.2) is 59.2 Å². The first kappa shape index (κ1) is 15.6. The first-order valence-electron chi connectivity index (χ1n) is 7.05. The maximum atomic E-state index is 13.9. The molecule has 0 fully saturated rings. The first-order chi connectivity index (χ1) is 11.6. The monoisotopic (exact) mass is 325 g/mol. The zero-order valence-corrected chi connectivity index (χ0v) is 12.7. The Labute approximate surface area is 137 Å². The molecule has 0 bridgehead atoms. The van der Waals surface area contributed by atoms with E-state index in [2.05, 4.69) is 9.73 Å². The Hall–Kier alpha value is -3.28. The van der Waals surface area contributed by atoms with Crippen LogP contribution in [0.5, 0.6) is 0 Å². The van der Waals surface area contributed by atoms with E-state index in [1.165, 1.54) is 18.2 Å². The predicted molar refractivity (Wildman–Crippen MR) is 84.8 cm³/mol. The summed E-state index contributed by atoms with van der Waals surface area (Å²) in [4.78, 5) is 27.9. The minimum Gasteiger partial charge on any atom is -0.465 e. The Balaban J connectivity index is 2.03. The van der Waals surface area contributed by atoms with Gasteiger partial charge in [0.05, 0.1) is 7.11 Å². The third kappa shape index (κ3) is 2.94. The summed E-state index contributed by atoms with van der Waals surface area (Å²) in [5, 5.41) is 0. The van der Waals surface area contributed by atoms with Crippen LogP contribution in [0, 0.1) is 5.82 Å². The van der Waals surface area contributed by atoms with E-state index in [9.17, 15) is 14.0 Å². The minimum absolute atomic E-state index is 0.0235. The van der Waals surface area contributed by atoms with Crippen molar-refractivity contribution in [1.82, 2.24) is 0 Å². The zero-order chi connectivity index (χ0) is 17.1. The van der Waals surface area contributed by atoms with Gasteiger partial charge < -0.3 is 9.47 Å². The Morgan fingerprint density at radius 2 is 1.92 bits per heavy atom. The van der Waals surface area contributed by atoms with Gasteiger partial charge in [-0.2, -0.15) is 0 Å². The molecule has 0 aliphatic carbocycles. The number of aliphatic imine (C=N–C) groups is 1. The highest BCUT2D eigenvalue weighted by molar-refractivity contribution is 6.13. The first-order valence-corrected chi connectivity index (χ1v) is 7.05. The van der Waals surface area contributed by atoms with E-state index in [4.69, 9.17) is 4.74 Å². The van der Waals surface area contributed by atoms with Crippen LogP contribution < -0.4 is 0 Å². The van der Waals surface area contributed by atoms with Gasteiger partial charge in [-0.15, -0.1) is 0 Å². The van der Waals surface area contributed by atoms with Crippen LogP contribution in [0.1, 0.15) is 21.5 Å². The average molecular weight is 325 g/mol. The largest absolute Gasteiger partial charge is 0.465 e. The lowest BCUT2D eigenvalue weighted by Gasteiger charge is -2.05. The van der Waals surface area contributed by atoms with Crippen molar-refractivity contribution in [2.24, 2.45) is 4.99 Å². The van der Waals surface area contributed by atoms with Crippen LogP contribution in [0.4, 0.5) is 4.39 Å². The fourth-order valence-electron chi connectivity index (χ4n) is 2.24. The molecule has 2 aromatic rings. The van der Waals surface area contributed by atoms with Crippen LogP contribution in [-0.2, 0) is 14.3 Å². The SMILES string of the molecule is COC(=O)c1c(F)cccc1/C=C1/N=C(c2ccccc2)OC1=O. The Morgan fingerprint density at radius 3 is 2.62 bits per heavy atom. The number of benzene rings is 2. The molecule has 24 heavy (non-hydrogen) atoms. The molecule has 0 radical (unpaired) electrons. The molecular weight excluding hydrogens is 313 g/mol. The van der Waals surface area contributed by atoms with Gasteiger partial charge in [-0.1, -0.05) is 30.3 Å². The zero-order valence-electron chi connectivity index (χ0n) is 12.7. The van der Waals surface area contributed by atoms with Gasteiger partial charge in [-0.25, -0.2) is 19.0 Å². The van der Waals surface area contributed by atoms with Crippen molar-refractivity contribution in [3.05, 3.63) is 76.7 Å². The van der Waals surface area contributed by atoms with Crippen LogP contribution in [0.2, 0.25) is 0 Å². The summed E-state index contributed by atoms with van der Waals surface area (Å²) in [6, 6.07) is 13.0. The predicted octanol–water partition coefficient (Wildman–Crippen LogP) is 2.96. The van der Waals surface area contributed by atoms with E-state index in [0.717, 1.165) is 13.2 Å². The lowest BCUT2D eigenvalue weighted by molar-refractivity contribution is -0.129. The second kappa shape index (κ2) is 6.45. The third-order valence-electron chi connectivity index (χ3n) is 3.37. The number of rotatable bonds is 3. The molecule has 3 rings (SSSR count). The molecule has 0 aromatic heterocycles. The Morgan fingerprint density at radius 1 is 1.17 bits per heavy atom. The van der Waals surface area contributed by atoms with E-state index in [0.29, 0.717) is 5.56 Å². The topological polar surface area (TPSA) is 65.0 Å². The Kier molecular flexibility index (Phi) is 4.20. The van der Waals surface area contributed by atoms with Crippen molar-refractivity contribution < 1.29 is 23.5 Å². The number of esters is 2. The highest BCUT2D eigenvalue weighted by Gasteiger charge is 2.25. The van der Waals surface area contributed by atoms with Crippen LogP contribution >= 0.6 is 0 Å². The maximum absolute atomic E-state index is 13.9. The van der Waals surface area contributed by atoms with Gasteiger partial charge in [0, 0.05) is 5.56 Å². The molecular formula is C18H12FNO4. The number of carbonyl (C=O) groups is 2. The summed E-state index contributed by atoms with van der Waals surface area (Å²) in [5.74, 6) is -2.09. The number of hydrogen-bond acceptors (Lipinski definition) is 5. The van der Waals surface area contributed by atoms with E-state index in [1.54, 1.807) is 24.3 Å². The Bertz CT molecular complexity index is 872. The fourth-order valence-corrected chi connectivity index (χ4v) is 2.24. The molecule has 0 unspecified atom stereocenters. The van der Waals surface area contributed by atoms with E-state index in [1.807, 2.05) is 6.07 Å². The summed E-state index contributed by atoms with van der Waals surface area (Å²) in [6.07, 6.45) is 1.30. The lowest BCUT2D eigenvalue weighted by Crippen LogP contribution is -2.08. The van der Waals surface area contributed by atoms with Crippen LogP contribution in [0.25, 0.3) is 6.08 Å². The molecule has 0 spiro atoms. The highest BCUT2D eigenvalue weighted by Crippen LogP contribution is 2.22. The number of hydrogen-bond donors (Lipinski definition) is 0. The van der Waals surface area contributed by atoms with E-state index < -0.39 is 17.8 Å². The lowest BCUT2D eigenvalue weighted by atomic mass is 10.1. The van der Waals surface area contributed by atoms with Gasteiger partial charge in [0.1, 0.15) is 11.4 Å². The number of carbonyl (C=O) groups excluding carboxylic acids is 2. The van der Waals surface area contributed by atoms with Gasteiger partial charge in [0.15, 0.2) is 5.70 Å². The number of halogens is 1. The van der Waals surface area contributed by atoms with Crippen molar-refractivity contribution in [2.45, 2.75) is 0 Å². The third-order valence-corrected chi connectivity index (χ3v) is 3.37. The van der Waals surface area contributed by atoms with Gasteiger partial charge in [0.25, 0.3) is 0 Å². The average Bonchev–Trinajstić information content (AvgIpc) is 2.96. The number of ether oxygens (including phenoxy) is 2. The van der Waals surface area contributed by atoms with Crippen molar-refractivity contribution in [2.75, 3.05) is 7.11 Å². The van der Waals surface area contributed by atoms with Gasteiger partial charge in [0.2, 0.25) is 5.90 Å². The summed E-state index contributed by atoms with van der Waals surface area (Å²) in [6.45, 7) is 0. The number of nitrogens with zero attached hydrogens (tertiary/aromatic N) is 1. The number of methoxy groups -OCH3 is 1. The summed E-state index contributed by atoms with van der Waals surface area (Å²) in [7, 11) is 1.15. The normalized spacial score (nSPS) is 15.2. The molecule has 0 amide bonds. The van der Waals surface area contributed by atoms with Crippen LogP contribution in [-0.4, -0.2) is 24.9 Å². The van der Waals surface area contributed by atoms with Crippen molar-refractivity contribution in [3.8, 4) is 0 Å². The molecule has 1 aliphatic heterocycles. The van der Waals surface area contributed by atoms with E-state index >= 15 is 0 Å². The minimum atomic E-state index is -0.835. The van der Waals surface area contributed by atoms with Crippen LogP contribution in [0.3, 0.4) is 0 Å². The van der Waals surface area contributed by atoms with Gasteiger partial charge in [-0.05, 0) is 29.8 Å². The summed E-state index contributed by atoms with van der Waals surface area (Å²) >= 11 is 0. The smallest absolute Gasteiger partial charge is 0.363 e. The summed E-state index contributed by atoms with van der Waals surface area (Å²) in [5.41, 5.74) is 0.543. The quantitative estimate of drug-likeness (QED) is 0.643. The molecule has 6 heteroatoms. The molecule has 120 valence electrons. The van der Waals surface area contributed by atoms with Crippen molar-refractivity contribution in [1.29, 1.82) is 0 Å². The molecule has 0 atom stereocenters. The fraction of sp³-hybridized carbons (Fsp3) is 0.0556. The molecule has 2 aromatic carbocycles. The van der Waals surface area contributed by atoms with Gasteiger partial charge >= 0.3 is 11.9 Å². The maximum Gasteiger partial charge on any atom is 0.363 e. The standard InChI is InChI=1S/C18H12FNO4/c1-23-18(22)15-12(8-5-9-13(15)19)10-14-17(21)24-16(20-14)11-6-3-2-4-7-11/h2-10H,1H3/b14-10+. The molecule has 0 N–H and O–H groups in total. The molecule has 0 saturated carbocycles.